The molecule has 2 aliphatic rings. The molecular formula is C64H65N3. The Hall–Kier alpha value is -6.45. The van der Waals surface area contributed by atoms with Crippen molar-refractivity contribution in [1.82, 2.24) is 15.0 Å². The van der Waals surface area contributed by atoms with Crippen LogP contribution >= 0.6 is 0 Å². The van der Waals surface area contributed by atoms with Gasteiger partial charge in [0, 0.05) is 53.1 Å². The maximum Gasteiger partial charge on any atom is 0.0708 e. The highest BCUT2D eigenvalue weighted by Gasteiger charge is 2.25. The van der Waals surface area contributed by atoms with Crippen LogP contribution in [-0.2, 0) is 37.3 Å². The Kier molecular flexibility index (Phi) is 9.50. The van der Waals surface area contributed by atoms with Gasteiger partial charge in [-0.3, -0.25) is 15.0 Å². The lowest BCUT2D eigenvalue weighted by molar-refractivity contribution is 0.522. The van der Waals surface area contributed by atoms with Crippen molar-refractivity contribution in [3.05, 3.63) is 220 Å². The van der Waals surface area contributed by atoms with E-state index < -0.39 is 49.5 Å². The van der Waals surface area contributed by atoms with Gasteiger partial charge in [-0.1, -0.05) is 161 Å². The van der Waals surface area contributed by atoms with Crippen molar-refractivity contribution in [2.24, 2.45) is 0 Å². The van der Waals surface area contributed by atoms with Crippen molar-refractivity contribution in [3.8, 4) is 44.9 Å². The SMILES string of the molecule is [2H]C([2H])([2H])c1cnc(-c2ccc(C(C)(C)Cc3cc(C([2H])([2H])C([2H])([2H])c4ccc(-c5ccccn5)cc4)cc(C([2H])([2H])C([2H])([2H])c4ccc(-c5ccccn5)cc4)c3)cc2)cc1-c1cc(C2([2H])CCCC2)cc(C2([2H])CCCC2)c1. The monoisotopic (exact) mass is 889 g/mol. The fourth-order valence-electron chi connectivity index (χ4n) is 9.67. The Morgan fingerprint density at radius 3 is 1.46 bits per heavy atom. The molecule has 8 aromatic rings. The quantitative estimate of drug-likeness (QED) is 0.103. The molecule has 5 aromatic carbocycles. The Bertz CT molecular complexity index is 3330. The summed E-state index contributed by atoms with van der Waals surface area (Å²) in [5, 5.41) is 0. The summed E-state index contributed by atoms with van der Waals surface area (Å²) >= 11 is 0. The smallest absolute Gasteiger partial charge is 0.0708 e. The molecule has 2 saturated carbocycles. The van der Waals surface area contributed by atoms with Crippen molar-refractivity contribution in [2.75, 3.05) is 0 Å². The highest BCUT2D eigenvalue weighted by atomic mass is 14.7. The van der Waals surface area contributed by atoms with Crippen LogP contribution in [0.4, 0.5) is 0 Å². The summed E-state index contributed by atoms with van der Waals surface area (Å²) in [6.07, 6.45) is 0.702. The highest BCUT2D eigenvalue weighted by Crippen LogP contribution is 2.42. The van der Waals surface area contributed by atoms with E-state index in [0.717, 1.165) is 59.1 Å². The van der Waals surface area contributed by atoms with Crippen LogP contribution in [0.1, 0.15) is 145 Å². The summed E-state index contributed by atoms with van der Waals surface area (Å²) in [7, 11) is 0. The lowest BCUT2D eigenvalue weighted by Gasteiger charge is -2.26. The van der Waals surface area contributed by atoms with Crippen LogP contribution in [-0.4, -0.2) is 15.0 Å². The van der Waals surface area contributed by atoms with E-state index in [2.05, 4.69) is 9.97 Å². The molecular weight excluding hydrogens is 811 g/mol. The first kappa shape index (κ1) is 31.5. The van der Waals surface area contributed by atoms with E-state index >= 15 is 0 Å². The van der Waals surface area contributed by atoms with Crippen molar-refractivity contribution in [1.29, 1.82) is 0 Å². The van der Waals surface area contributed by atoms with Crippen molar-refractivity contribution < 1.29 is 17.8 Å². The molecule has 0 atom stereocenters. The number of aromatic nitrogens is 3. The summed E-state index contributed by atoms with van der Waals surface area (Å²) in [4.78, 5) is 13.5. The fourth-order valence-corrected chi connectivity index (χ4v) is 9.67. The minimum atomic E-state index is -2.76. The minimum absolute atomic E-state index is 0.0597. The molecule has 3 heteroatoms. The van der Waals surface area contributed by atoms with E-state index in [4.69, 9.17) is 9.10 Å². The molecule has 0 radical (unpaired) electrons. The molecule has 3 nitrogen and oxygen atoms in total. The predicted octanol–water partition coefficient (Wildman–Crippen LogP) is 16.3. The van der Waals surface area contributed by atoms with Gasteiger partial charge in [-0.05, 0) is 173 Å². The summed E-state index contributed by atoms with van der Waals surface area (Å²) in [5.41, 5.74) is 7.36. The number of hydrogen-bond acceptors (Lipinski definition) is 3. The van der Waals surface area contributed by atoms with Crippen molar-refractivity contribution in [2.45, 2.75) is 121 Å². The van der Waals surface area contributed by atoms with E-state index in [1.807, 2.05) is 80.6 Å². The van der Waals surface area contributed by atoms with Gasteiger partial charge in [-0.25, -0.2) is 0 Å². The van der Waals surface area contributed by atoms with Crippen LogP contribution in [0.25, 0.3) is 44.9 Å². The molecule has 3 heterocycles. The van der Waals surface area contributed by atoms with E-state index in [1.165, 1.54) is 36.5 Å². The van der Waals surface area contributed by atoms with Crippen LogP contribution in [0.3, 0.4) is 0 Å². The Labute approximate surface area is 418 Å². The van der Waals surface area contributed by atoms with E-state index in [9.17, 15) is 13.7 Å². The van der Waals surface area contributed by atoms with Crippen LogP contribution in [0.2, 0.25) is 0 Å². The zero-order valence-electron chi connectivity index (χ0n) is 51.4. The van der Waals surface area contributed by atoms with Gasteiger partial charge in [0.15, 0.2) is 0 Å². The van der Waals surface area contributed by atoms with Gasteiger partial charge >= 0.3 is 0 Å². The molecule has 2 aliphatic carbocycles. The summed E-state index contributed by atoms with van der Waals surface area (Å²) in [6, 6.07) is 43.7. The van der Waals surface area contributed by atoms with Crippen molar-refractivity contribution >= 4 is 0 Å². The summed E-state index contributed by atoms with van der Waals surface area (Å²) < 4.78 is 121. The number of nitrogens with zero attached hydrogens (tertiary/aromatic N) is 3. The largest absolute Gasteiger partial charge is 0.256 e. The third-order valence-corrected chi connectivity index (χ3v) is 13.4. The van der Waals surface area contributed by atoms with Gasteiger partial charge in [-0.15, -0.1) is 0 Å². The van der Waals surface area contributed by atoms with E-state index in [0.29, 0.717) is 59.5 Å². The van der Waals surface area contributed by atoms with E-state index in [-0.39, 0.29) is 34.2 Å². The molecule has 0 saturated heterocycles. The Morgan fingerprint density at radius 2 is 0.970 bits per heavy atom. The molecule has 67 heavy (non-hydrogen) atoms. The highest BCUT2D eigenvalue weighted by molar-refractivity contribution is 5.74. The molecule has 0 amide bonds. The number of rotatable bonds is 15. The van der Waals surface area contributed by atoms with Gasteiger partial charge in [0.2, 0.25) is 0 Å². The van der Waals surface area contributed by atoms with Gasteiger partial charge in [0.05, 0.1) is 17.1 Å². The summed E-state index contributed by atoms with van der Waals surface area (Å²) in [6.45, 7) is 1.51. The average molecular weight is 889 g/mol. The van der Waals surface area contributed by atoms with Gasteiger partial charge in [0.25, 0.3) is 0 Å². The standard InChI is InChI=1S/C64H65N3/c1-45-44-67-63(42-60(45)58-40-56(51-12-4-5-13-51)39-57(41-58)52-14-6-7-15-52)55-30-32-59(33-31-55)64(2,3)43-50-37-48(20-18-46-22-26-53(27-23-46)61-16-8-10-34-65-61)36-49(38-50)21-19-47-24-28-54(29-25-47)62-17-9-11-35-66-62/h8-11,16-17,22-42,44,51-52H,4-7,12-15,18-21,43H2,1-3H3/i1D3,18D2,19D2,20D2,21D2,51D,52D. The normalized spacial score (nSPS) is 19.3. The zero-order valence-corrected chi connectivity index (χ0v) is 38.4. The average Bonchev–Trinajstić information content (AvgIpc) is 4.19. The molecule has 0 spiro atoms. The van der Waals surface area contributed by atoms with Crippen molar-refractivity contribution in [3.63, 3.8) is 0 Å². The van der Waals surface area contributed by atoms with Gasteiger partial charge < -0.3 is 0 Å². The third-order valence-electron chi connectivity index (χ3n) is 13.4. The van der Waals surface area contributed by atoms with Crippen LogP contribution < -0.4 is 0 Å². The van der Waals surface area contributed by atoms with Crippen LogP contribution in [0.5, 0.6) is 0 Å². The maximum absolute atomic E-state index is 9.59. The number of pyridine rings is 3. The first-order valence-electron chi connectivity index (χ1n) is 30.2. The lowest BCUT2D eigenvalue weighted by atomic mass is 9.78. The predicted molar refractivity (Wildman–Crippen MR) is 280 cm³/mol. The maximum atomic E-state index is 9.59. The zero-order chi connectivity index (χ0) is 57.1. The number of aryl methyl sites for hydroxylation is 5. The molecule has 336 valence electrons. The number of benzene rings is 5. The van der Waals surface area contributed by atoms with Gasteiger partial charge in [-0.2, -0.15) is 0 Å². The second-order valence-corrected chi connectivity index (χ2v) is 18.7. The lowest BCUT2D eigenvalue weighted by Crippen LogP contribution is -2.20. The Balaban J connectivity index is 1.01. The number of hydrogen-bond donors (Lipinski definition) is 0. The second kappa shape index (κ2) is 20.2. The summed E-state index contributed by atoms with van der Waals surface area (Å²) in [5.74, 6) is -1.63. The third kappa shape index (κ3) is 10.7. The second-order valence-electron chi connectivity index (χ2n) is 18.7. The topological polar surface area (TPSA) is 38.7 Å². The molecule has 3 aromatic heterocycles. The minimum Gasteiger partial charge on any atom is -0.256 e. The molecule has 0 aliphatic heterocycles. The van der Waals surface area contributed by atoms with E-state index in [1.54, 1.807) is 67.0 Å². The molecule has 0 N–H and O–H groups in total. The molecule has 0 unspecified atom stereocenters. The van der Waals surface area contributed by atoms with Gasteiger partial charge in [0.1, 0.15) is 0 Å². The molecule has 0 bridgehead atoms. The Morgan fingerprint density at radius 1 is 0.493 bits per heavy atom. The first-order chi connectivity index (χ1) is 37.7. The van der Waals surface area contributed by atoms with Crippen LogP contribution in [0, 0.1) is 6.85 Å². The van der Waals surface area contributed by atoms with Crippen LogP contribution in [0.15, 0.2) is 170 Å². The first-order valence-corrected chi connectivity index (χ1v) is 23.7. The molecule has 10 rings (SSSR count). The fraction of sp³-hybridized carbons (Fsp3) is 0.297. The molecule has 2 fully saturated rings.